The van der Waals surface area contributed by atoms with E-state index in [1.165, 1.54) is 10.6 Å². The average molecular weight is 479 g/mol. The highest BCUT2D eigenvalue weighted by Crippen LogP contribution is 2.40. The maximum atomic E-state index is 12.1. The van der Waals surface area contributed by atoms with Crippen LogP contribution in [-0.4, -0.2) is 38.0 Å². The number of phenolic OH excluding ortho intramolecular Hbond substituents is 2. The van der Waals surface area contributed by atoms with Crippen LogP contribution in [-0.2, 0) is 0 Å². The second-order valence-electron chi connectivity index (χ2n) is 8.07. The number of carbonyl (C=O) groups excluding carboxylic acids is 1. The molecule has 0 spiro atoms. The minimum absolute atomic E-state index is 0.101. The lowest BCUT2D eigenvalue weighted by Crippen LogP contribution is -2.17. The van der Waals surface area contributed by atoms with Crippen molar-refractivity contribution in [2.45, 2.75) is 0 Å². The third-order valence-electron chi connectivity index (χ3n) is 5.87. The average Bonchev–Trinajstić information content (AvgIpc) is 3.35. The number of phenols is 2. The summed E-state index contributed by atoms with van der Waals surface area (Å²) >= 11 is 0. The number of hydrogen-bond donors (Lipinski definition) is 3. The van der Waals surface area contributed by atoms with Crippen LogP contribution in [0.5, 0.6) is 17.2 Å². The molecule has 1 aromatic heterocycles. The fourth-order valence-corrected chi connectivity index (χ4v) is 4.05. The molecular formula is C28H22N4O4. The van der Waals surface area contributed by atoms with Gasteiger partial charge in [-0.3, -0.25) is 9.36 Å². The Kier molecular flexibility index (Phi) is 5.83. The number of aromatic hydroxyl groups is 2. The summed E-state index contributed by atoms with van der Waals surface area (Å²) in [7, 11) is 1.55. The topological polar surface area (TPSA) is 123 Å². The maximum absolute atomic E-state index is 12.1. The van der Waals surface area contributed by atoms with Gasteiger partial charge < -0.3 is 20.7 Å². The third-order valence-corrected chi connectivity index (χ3v) is 5.87. The maximum Gasteiger partial charge on any atom is 0.287 e. The summed E-state index contributed by atoms with van der Waals surface area (Å²) in [4.78, 5) is 12.1. The Bertz CT molecular complexity index is 1540. The van der Waals surface area contributed by atoms with Crippen molar-refractivity contribution in [2.24, 2.45) is 5.73 Å². The zero-order chi connectivity index (χ0) is 25.2. The van der Waals surface area contributed by atoms with Gasteiger partial charge in [-0.2, -0.15) is 0 Å². The van der Waals surface area contributed by atoms with Crippen LogP contribution in [0, 0.1) is 0 Å². The van der Waals surface area contributed by atoms with Gasteiger partial charge in [-0.15, -0.1) is 10.2 Å². The molecule has 8 heteroatoms. The van der Waals surface area contributed by atoms with Crippen molar-refractivity contribution in [1.29, 1.82) is 0 Å². The van der Waals surface area contributed by atoms with Gasteiger partial charge in [-0.05, 0) is 47.0 Å². The Labute approximate surface area is 206 Å². The van der Waals surface area contributed by atoms with E-state index in [4.69, 9.17) is 10.5 Å². The molecule has 0 atom stereocenters. The van der Waals surface area contributed by atoms with Crippen LogP contribution in [0.2, 0.25) is 0 Å². The first-order valence-electron chi connectivity index (χ1n) is 11.1. The van der Waals surface area contributed by atoms with Gasteiger partial charge in [0.15, 0.2) is 5.82 Å². The van der Waals surface area contributed by atoms with E-state index in [2.05, 4.69) is 10.2 Å². The molecule has 0 aliphatic heterocycles. The molecule has 0 radical (unpaired) electrons. The van der Waals surface area contributed by atoms with Crippen LogP contribution in [0.3, 0.4) is 0 Å². The first kappa shape index (κ1) is 22.7. The van der Waals surface area contributed by atoms with Gasteiger partial charge >= 0.3 is 0 Å². The molecule has 0 bridgehead atoms. The van der Waals surface area contributed by atoms with E-state index in [-0.39, 0.29) is 28.7 Å². The number of benzene rings is 4. The van der Waals surface area contributed by atoms with Crippen molar-refractivity contribution in [2.75, 3.05) is 7.11 Å². The molecule has 0 saturated carbocycles. The Morgan fingerprint density at radius 1 is 0.778 bits per heavy atom. The molecular weight excluding hydrogens is 456 g/mol. The summed E-state index contributed by atoms with van der Waals surface area (Å²) < 4.78 is 6.67. The smallest absolute Gasteiger partial charge is 0.287 e. The minimum Gasteiger partial charge on any atom is -0.507 e. The summed E-state index contributed by atoms with van der Waals surface area (Å²) in [5.74, 6) is -0.392. The molecule has 36 heavy (non-hydrogen) atoms. The van der Waals surface area contributed by atoms with E-state index in [1.54, 1.807) is 37.4 Å². The largest absolute Gasteiger partial charge is 0.507 e. The molecule has 8 nitrogen and oxygen atoms in total. The molecule has 5 aromatic rings. The van der Waals surface area contributed by atoms with Crippen LogP contribution in [0.1, 0.15) is 10.6 Å². The number of amides is 1. The molecule has 0 aliphatic carbocycles. The van der Waals surface area contributed by atoms with E-state index < -0.39 is 5.91 Å². The Balaban J connectivity index is 1.62. The lowest BCUT2D eigenvalue weighted by Gasteiger charge is -2.13. The lowest BCUT2D eigenvalue weighted by molar-refractivity contribution is 0.0988. The van der Waals surface area contributed by atoms with E-state index in [9.17, 15) is 15.0 Å². The van der Waals surface area contributed by atoms with Crippen LogP contribution in [0.25, 0.3) is 39.3 Å². The molecule has 178 valence electrons. The highest BCUT2D eigenvalue weighted by molar-refractivity contribution is 5.91. The van der Waals surface area contributed by atoms with Gasteiger partial charge in [0.1, 0.15) is 17.2 Å². The molecule has 1 heterocycles. The van der Waals surface area contributed by atoms with Gasteiger partial charge in [0.05, 0.1) is 12.7 Å². The fourth-order valence-electron chi connectivity index (χ4n) is 4.05. The second-order valence-corrected chi connectivity index (χ2v) is 8.07. The molecule has 0 aliphatic rings. The number of hydrogen-bond acceptors (Lipinski definition) is 6. The zero-order valence-corrected chi connectivity index (χ0v) is 19.3. The van der Waals surface area contributed by atoms with E-state index in [0.717, 1.165) is 16.7 Å². The van der Waals surface area contributed by atoms with Crippen molar-refractivity contribution in [1.82, 2.24) is 14.8 Å². The van der Waals surface area contributed by atoms with Crippen molar-refractivity contribution >= 4 is 5.91 Å². The second kappa shape index (κ2) is 9.27. The van der Waals surface area contributed by atoms with Crippen LogP contribution in [0.4, 0.5) is 0 Å². The van der Waals surface area contributed by atoms with Crippen molar-refractivity contribution < 1.29 is 19.7 Å². The van der Waals surface area contributed by atoms with Gasteiger partial charge in [0.25, 0.3) is 5.91 Å². The van der Waals surface area contributed by atoms with Crippen molar-refractivity contribution in [3.8, 4) is 56.6 Å². The molecule has 0 saturated heterocycles. The molecule has 4 N–H and O–H groups in total. The predicted molar refractivity (Wildman–Crippen MR) is 136 cm³/mol. The molecule has 0 unspecified atom stereocenters. The summed E-state index contributed by atoms with van der Waals surface area (Å²) in [6.07, 6.45) is 0. The number of nitrogens with two attached hydrogens (primary N) is 1. The number of rotatable bonds is 6. The quantitative estimate of drug-likeness (QED) is 0.323. The van der Waals surface area contributed by atoms with Crippen LogP contribution >= 0.6 is 0 Å². The van der Waals surface area contributed by atoms with Crippen molar-refractivity contribution in [3.05, 3.63) is 96.8 Å². The summed E-state index contributed by atoms with van der Waals surface area (Å²) in [5.41, 5.74) is 9.69. The summed E-state index contributed by atoms with van der Waals surface area (Å²) in [5, 5.41) is 29.5. The molecule has 4 aromatic carbocycles. The zero-order valence-electron chi connectivity index (χ0n) is 19.3. The standard InChI is InChI=1S/C28H22N4O4/c1-36-21-13-11-20(12-14-21)32-27(30-31-28(32)26(29)35)23-15-22(24(33)16-25(23)34)19-9-7-18(8-10-19)17-5-3-2-4-6-17/h2-16,33-34H,1H3,(H2,29,35). The Morgan fingerprint density at radius 2 is 1.39 bits per heavy atom. The van der Waals surface area contributed by atoms with E-state index in [1.807, 2.05) is 54.6 Å². The third kappa shape index (κ3) is 4.12. The highest BCUT2D eigenvalue weighted by Gasteiger charge is 2.23. The van der Waals surface area contributed by atoms with Crippen molar-refractivity contribution in [3.63, 3.8) is 0 Å². The molecule has 1 amide bonds. The first-order valence-corrected chi connectivity index (χ1v) is 11.1. The molecule has 5 rings (SSSR count). The summed E-state index contributed by atoms with van der Waals surface area (Å²) in [6.45, 7) is 0. The van der Waals surface area contributed by atoms with E-state index in [0.29, 0.717) is 17.0 Å². The lowest BCUT2D eigenvalue weighted by atomic mass is 9.97. The number of primary amides is 1. The fraction of sp³-hybridized carbons (Fsp3) is 0.0357. The Hall–Kier alpha value is -5.11. The number of nitrogens with zero attached hydrogens (tertiary/aromatic N) is 3. The van der Waals surface area contributed by atoms with E-state index >= 15 is 0 Å². The summed E-state index contributed by atoms with van der Waals surface area (Å²) in [6, 6.07) is 27.4. The van der Waals surface area contributed by atoms with Crippen LogP contribution < -0.4 is 10.5 Å². The van der Waals surface area contributed by atoms with Gasteiger partial charge in [-0.25, -0.2) is 0 Å². The number of ether oxygens (including phenoxy) is 1. The SMILES string of the molecule is COc1ccc(-n2c(C(N)=O)nnc2-c2cc(-c3ccc(-c4ccccc4)cc3)c(O)cc2O)cc1. The minimum atomic E-state index is -0.778. The highest BCUT2D eigenvalue weighted by atomic mass is 16.5. The Morgan fingerprint density at radius 3 is 2.03 bits per heavy atom. The number of aromatic nitrogens is 3. The van der Waals surface area contributed by atoms with Crippen LogP contribution in [0.15, 0.2) is 91.0 Å². The molecule has 0 fully saturated rings. The van der Waals surface area contributed by atoms with Gasteiger partial charge in [-0.1, -0.05) is 54.6 Å². The van der Waals surface area contributed by atoms with Gasteiger partial charge in [0, 0.05) is 17.3 Å². The normalized spacial score (nSPS) is 10.8. The van der Waals surface area contributed by atoms with Gasteiger partial charge in [0.2, 0.25) is 5.82 Å². The number of carbonyl (C=O) groups is 1. The monoisotopic (exact) mass is 478 g/mol. The number of methoxy groups -OCH3 is 1. The predicted octanol–water partition coefficient (Wildman–Crippen LogP) is 4.79. The first-order chi connectivity index (χ1) is 17.5.